The molecular weight excluding hydrogens is 324 g/mol. The van der Waals surface area contributed by atoms with Crippen molar-refractivity contribution in [3.63, 3.8) is 0 Å². The molecule has 1 aliphatic rings. The molecule has 128 valence electrons. The normalized spacial score (nSPS) is 16.8. The van der Waals surface area contributed by atoms with Gasteiger partial charge in [-0.15, -0.1) is 0 Å². The van der Waals surface area contributed by atoms with Crippen LogP contribution in [-0.2, 0) is 6.61 Å². The fraction of sp³-hybridized carbons (Fsp3) is 0.368. The maximum absolute atomic E-state index is 10.4. The van der Waals surface area contributed by atoms with Crippen LogP contribution in [0.5, 0.6) is 5.75 Å². The Morgan fingerprint density at radius 2 is 1.88 bits per heavy atom. The summed E-state index contributed by atoms with van der Waals surface area (Å²) in [5.41, 5.74) is 1.92. The molecule has 4 nitrogen and oxygen atoms in total. The molecule has 1 aliphatic heterocycles. The summed E-state index contributed by atoms with van der Waals surface area (Å²) in [5.74, 6) is 0.638. The van der Waals surface area contributed by atoms with Gasteiger partial charge < -0.3 is 15.2 Å². The Bertz CT molecular complexity index is 645. The highest BCUT2D eigenvalue weighted by molar-refractivity contribution is 6.32. The van der Waals surface area contributed by atoms with Gasteiger partial charge in [-0.1, -0.05) is 48.0 Å². The zero-order chi connectivity index (χ0) is 16.8. The Labute approximate surface area is 148 Å². The number of hydrogen-bond acceptors (Lipinski definition) is 4. The van der Waals surface area contributed by atoms with Crippen molar-refractivity contribution in [2.24, 2.45) is 0 Å². The Morgan fingerprint density at radius 3 is 2.58 bits per heavy atom. The fourth-order valence-electron chi connectivity index (χ4n) is 2.82. The molecule has 0 bridgehead atoms. The van der Waals surface area contributed by atoms with Crippen LogP contribution < -0.4 is 10.1 Å². The van der Waals surface area contributed by atoms with Gasteiger partial charge in [0, 0.05) is 32.7 Å². The summed E-state index contributed by atoms with van der Waals surface area (Å²) < 4.78 is 5.78. The number of benzene rings is 2. The van der Waals surface area contributed by atoms with Gasteiger partial charge in [0.2, 0.25) is 0 Å². The number of hydrogen-bond donors (Lipinski definition) is 2. The molecule has 5 heteroatoms. The molecule has 1 fully saturated rings. The Balaban J connectivity index is 1.59. The van der Waals surface area contributed by atoms with Gasteiger partial charge in [0.25, 0.3) is 0 Å². The minimum Gasteiger partial charge on any atom is -0.487 e. The molecule has 2 aromatic rings. The van der Waals surface area contributed by atoms with Crippen LogP contribution in [0.2, 0.25) is 5.02 Å². The van der Waals surface area contributed by atoms with E-state index < -0.39 is 6.10 Å². The highest BCUT2D eigenvalue weighted by Gasteiger charge is 2.16. The minimum absolute atomic E-state index is 0.475. The fourth-order valence-corrected chi connectivity index (χ4v) is 3.06. The molecule has 0 radical (unpaired) electrons. The second-order valence-electron chi connectivity index (χ2n) is 6.03. The Hall–Kier alpha value is -1.59. The van der Waals surface area contributed by atoms with Gasteiger partial charge in [-0.3, -0.25) is 4.90 Å². The molecule has 2 N–H and O–H groups in total. The predicted octanol–water partition coefficient (Wildman–Crippen LogP) is 2.86. The summed E-state index contributed by atoms with van der Waals surface area (Å²) in [5, 5.41) is 14.3. The molecular formula is C19H23ClN2O2. The minimum atomic E-state index is -0.538. The molecule has 1 unspecified atom stereocenters. The number of β-amino-alcohol motifs (C(OH)–C–C–N with tert-alkyl or cyclic N) is 1. The van der Waals surface area contributed by atoms with Crippen LogP contribution in [-0.4, -0.2) is 42.7 Å². The maximum atomic E-state index is 10.4. The van der Waals surface area contributed by atoms with Gasteiger partial charge in [-0.2, -0.15) is 0 Å². The van der Waals surface area contributed by atoms with Crippen molar-refractivity contribution in [2.75, 3.05) is 32.7 Å². The van der Waals surface area contributed by atoms with Crippen molar-refractivity contribution in [2.45, 2.75) is 12.7 Å². The van der Waals surface area contributed by atoms with Crippen molar-refractivity contribution in [3.05, 3.63) is 64.7 Å². The monoisotopic (exact) mass is 346 g/mol. The molecule has 1 atom stereocenters. The van der Waals surface area contributed by atoms with Gasteiger partial charge in [0.05, 0.1) is 11.1 Å². The molecule has 0 aromatic heterocycles. The van der Waals surface area contributed by atoms with Crippen LogP contribution in [0, 0.1) is 0 Å². The van der Waals surface area contributed by atoms with Crippen LogP contribution in [0.4, 0.5) is 0 Å². The highest BCUT2D eigenvalue weighted by atomic mass is 35.5. The molecule has 0 amide bonds. The first kappa shape index (κ1) is 17.2. The van der Waals surface area contributed by atoms with E-state index in [1.165, 1.54) is 0 Å². The SMILES string of the molecule is OC(CN1CCNCC1)c1ccc(OCc2ccccc2)c(Cl)c1. The zero-order valence-corrected chi connectivity index (χ0v) is 14.4. The van der Waals surface area contributed by atoms with Gasteiger partial charge >= 0.3 is 0 Å². The summed E-state index contributed by atoms with van der Waals surface area (Å²) in [6, 6.07) is 15.5. The quantitative estimate of drug-likeness (QED) is 0.844. The number of piperazine rings is 1. The van der Waals surface area contributed by atoms with E-state index in [1.807, 2.05) is 42.5 Å². The topological polar surface area (TPSA) is 44.7 Å². The lowest BCUT2D eigenvalue weighted by Gasteiger charge is -2.29. The number of aliphatic hydroxyl groups excluding tert-OH is 1. The highest BCUT2D eigenvalue weighted by Crippen LogP contribution is 2.29. The van der Waals surface area contributed by atoms with E-state index in [2.05, 4.69) is 10.2 Å². The number of aliphatic hydroxyl groups is 1. The van der Waals surface area contributed by atoms with E-state index in [0.717, 1.165) is 37.3 Å². The summed E-state index contributed by atoms with van der Waals surface area (Å²) in [7, 11) is 0. The summed E-state index contributed by atoms with van der Waals surface area (Å²) in [6.45, 7) is 4.97. The van der Waals surface area contributed by atoms with E-state index >= 15 is 0 Å². The Morgan fingerprint density at radius 1 is 1.12 bits per heavy atom. The lowest BCUT2D eigenvalue weighted by atomic mass is 10.1. The van der Waals surface area contributed by atoms with Crippen molar-refractivity contribution >= 4 is 11.6 Å². The average molecular weight is 347 g/mol. The van der Waals surface area contributed by atoms with Gasteiger partial charge in [0.15, 0.2) is 0 Å². The third kappa shape index (κ3) is 4.71. The molecule has 24 heavy (non-hydrogen) atoms. The smallest absolute Gasteiger partial charge is 0.138 e. The van der Waals surface area contributed by atoms with Crippen molar-refractivity contribution in [1.82, 2.24) is 10.2 Å². The first-order valence-corrected chi connectivity index (χ1v) is 8.67. The second-order valence-corrected chi connectivity index (χ2v) is 6.44. The number of nitrogens with one attached hydrogen (secondary N) is 1. The third-order valence-corrected chi connectivity index (χ3v) is 4.51. The summed E-state index contributed by atoms with van der Waals surface area (Å²) in [6.07, 6.45) is -0.538. The number of ether oxygens (including phenoxy) is 1. The predicted molar refractivity (Wildman–Crippen MR) is 96.5 cm³/mol. The van der Waals surface area contributed by atoms with Crippen LogP contribution in [0.3, 0.4) is 0 Å². The zero-order valence-electron chi connectivity index (χ0n) is 13.6. The molecule has 1 heterocycles. The van der Waals surface area contributed by atoms with Crippen LogP contribution in [0.15, 0.2) is 48.5 Å². The van der Waals surface area contributed by atoms with E-state index in [9.17, 15) is 5.11 Å². The number of rotatable bonds is 6. The van der Waals surface area contributed by atoms with Crippen LogP contribution in [0.1, 0.15) is 17.2 Å². The first-order chi connectivity index (χ1) is 11.7. The lowest BCUT2D eigenvalue weighted by molar-refractivity contribution is 0.105. The standard InChI is InChI=1S/C19H23ClN2O2/c20-17-12-16(18(23)13-22-10-8-21-9-11-22)6-7-19(17)24-14-15-4-2-1-3-5-15/h1-7,12,18,21,23H,8-11,13-14H2. The third-order valence-electron chi connectivity index (χ3n) is 4.22. The molecule has 3 rings (SSSR count). The molecule has 0 aliphatic carbocycles. The largest absolute Gasteiger partial charge is 0.487 e. The molecule has 2 aromatic carbocycles. The van der Waals surface area contributed by atoms with Crippen LogP contribution >= 0.6 is 11.6 Å². The summed E-state index contributed by atoms with van der Waals surface area (Å²) in [4.78, 5) is 2.26. The Kier molecular flexibility index (Phi) is 6.10. The maximum Gasteiger partial charge on any atom is 0.138 e. The van der Waals surface area contributed by atoms with E-state index in [1.54, 1.807) is 6.07 Å². The molecule has 0 spiro atoms. The first-order valence-electron chi connectivity index (χ1n) is 8.29. The molecule has 1 saturated heterocycles. The van der Waals surface area contributed by atoms with Crippen molar-refractivity contribution in [1.29, 1.82) is 0 Å². The van der Waals surface area contributed by atoms with E-state index in [0.29, 0.717) is 23.9 Å². The summed E-state index contributed by atoms with van der Waals surface area (Å²) >= 11 is 6.32. The van der Waals surface area contributed by atoms with E-state index in [-0.39, 0.29) is 0 Å². The number of nitrogens with zero attached hydrogens (tertiary/aromatic N) is 1. The van der Waals surface area contributed by atoms with E-state index in [4.69, 9.17) is 16.3 Å². The van der Waals surface area contributed by atoms with Crippen LogP contribution in [0.25, 0.3) is 0 Å². The average Bonchev–Trinajstić information content (AvgIpc) is 2.62. The van der Waals surface area contributed by atoms with Crippen molar-refractivity contribution < 1.29 is 9.84 Å². The second kappa shape index (κ2) is 8.49. The molecule has 0 saturated carbocycles. The lowest BCUT2D eigenvalue weighted by Crippen LogP contribution is -2.44. The van der Waals surface area contributed by atoms with Gasteiger partial charge in [-0.05, 0) is 23.3 Å². The van der Waals surface area contributed by atoms with Gasteiger partial charge in [-0.25, -0.2) is 0 Å². The van der Waals surface area contributed by atoms with Gasteiger partial charge in [0.1, 0.15) is 12.4 Å². The van der Waals surface area contributed by atoms with Crippen molar-refractivity contribution in [3.8, 4) is 5.75 Å². The number of halogens is 1.